The van der Waals surface area contributed by atoms with Gasteiger partial charge < -0.3 is 4.74 Å². The van der Waals surface area contributed by atoms with E-state index < -0.39 is 0 Å². The Kier molecular flexibility index (Phi) is 3.00. The van der Waals surface area contributed by atoms with Gasteiger partial charge in [0.15, 0.2) is 0 Å². The van der Waals surface area contributed by atoms with E-state index in [1.807, 2.05) is 0 Å². The number of carbonyl (C=O) groups excluding carboxylic acids is 1. The van der Waals surface area contributed by atoms with Crippen LogP contribution in [0.3, 0.4) is 0 Å². The number of Topliss-reactive ketones (excluding diaryl/α,β-unsaturated/α-hetero) is 1. The first-order valence-electron chi connectivity index (χ1n) is 10.1. The SMILES string of the molecule is C[C@]12CCC(=O)C[C@H]1CC[C@@H]1[C@H]3CC[C@@]4(CCO4)[C@@]3(C)CC[C@@H]12. The fourth-order valence-electron chi connectivity index (χ4n) is 8.13. The molecule has 5 fully saturated rings. The first-order valence-corrected chi connectivity index (χ1v) is 10.1. The fraction of sp³-hybridized carbons (Fsp3) is 0.952. The Labute approximate surface area is 140 Å². The molecule has 128 valence electrons. The third kappa shape index (κ3) is 1.72. The Hall–Kier alpha value is -0.370. The highest BCUT2D eigenvalue weighted by atomic mass is 16.5. The minimum Gasteiger partial charge on any atom is -0.374 e. The summed E-state index contributed by atoms with van der Waals surface area (Å²) >= 11 is 0. The summed E-state index contributed by atoms with van der Waals surface area (Å²) in [5.74, 6) is 3.89. The monoisotopic (exact) mass is 316 g/mol. The summed E-state index contributed by atoms with van der Waals surface area (Å²) in [6.07, 6.45) is 12.4. The van der Waals surface area contributed by atoms with Gasteiger partial charge in [0.05, 0.1) is 12.2 Å². The molecule has 2 nitrogen and oxygen atoms in total. The molecule has 0 aromatic carbocycles. The molecule has 1 spiro atoms. The third-order valence-corrected chi connectivity index (χ3v) is 9.66. The number of hydrogen-bond acceptors (Lipinski definition) is 2. The van der Waals surface area contributed by atoms with Crippen LogP contribution < -0.4 is 0 Å². The van der Waals surface area contributed by atoms with Crippen LogP contribution in [-0.4, -0.2) is 18.0 Å². The maximum absolute atomic E-state index is 12.0. The fourth-order valence-corrected chi connectivity index (χ4v) is 8.13. The van der Waals surface area contributed by atoms with Gasteiger partial charge in [-0.2, -0.15) is 0 Å². The number of hydrogen-bond donors (Lipinski definition) is 0. The van der Waals surface area contributed by atoms with E-state index in [1.165, 1.54) is 51.4 Å². The molecule has 0 unspecified atom stereocenters. The second-order valence-corrected chi connectivity index (χ2v) is 9.99. The van der Waals surface area contributed by atoms with E-state index in [9.17, 15) is 4.79 Å². The van der Waals surface area contributed by atoms with E-state index in [0.717, 1.165) is 37.2 Å². The van der Waals surface area contributed by atoms with Gasteiger partial charge in [0, 0.05) is 19.3 Å². The Morgan fingerprint density at radius 3 is 2.48 bits per heavy atom. The van der Waals surface area contributed by atoms with Crippen LogP contribution in [0, 0.1) is 34.5 Å². The molecule has 0 amide bonds. The lowest BCUT2D eigenvalue weighted by Gasteiger charge is -2.62. The molecule has 5 aliphatic rings. The Morgan fingerprint density at radius 1 is 0.957 bits per heavy atom. The van der Waals surface area contributed by atoms with Gasteiger partial charge in [-0.25, -0.2) is 0 Å². The molecule has 0 aromatic rings. The minimum atomic E-state index is 0.253. The van der Waals surface area contributed by atoms with Gasteiger partial charge in [-0.05, 0) is 79.4 Å². The van der Waals surface area contributed by atoms with Crippen LogP contribution in [0.4, 0.5) is 0 Å². The molecule has 7 atom stereocenters. The minimum absolute atomic E-state index is 0.253. The lowest BCUT2D eigenvalue weighted by molar-refractivity contribution is -0.231. The number of ketones is 1. The molecule has 0 N–H and O–H groups in total. The standard InChI is InChI=1S/C21H32O2/c1-19-8-5-15(22)13-14(19)3-4-16-17(19)6-9-20(2)18(16)7-10-21(20)11-12-23-21/h14,16-18H,3-13H2,1-2H3/t14-,16+,17+,18-,19+,20+,21-/m1/s1. The predicted molar refractivity (Wildman–Crippen MR) is 90.0 cm³/mol. The summed E-state index contributed by atoms with van der Waals surface area (Å²) in [6, 6.07) is 0. The highest BCUT2D eigenvalue weighted by molar-refractivity contribution is 5.79. The topological polar surface area (TPSA) is 26.3 Å². The van der Waals surface area contributed by atoms with Crippen LogP contribution in [0.5, 0.6) is 0 Å². The van der Waals surface area contributed by atoms with Crippen LogP contribution in [0.2, 0.25) is 0 Å². The number of carbonyl (C=O) groups is 1. The van der Waals surface area contributed by atoms with Crippen molar-refractivity contribution in [2.45, 2.75) is 83.7 Å². The van der Waals surface area contributed by atoms with Gasteiger partial charge in [0.25, 0.3) is 0 Å². The van der Waals surface area contributed by atoms with Crippen molar-refractivity contribution in [2.24, 2.45) is 34.5 Å². The van der Waals surface area contributed by atoms with E-state index in [0.29, 0.717) is 22.5 Å². The van der Waals surface area contributed by atoms with E-state index in [2.05, 4.69) is 13.8 Å². The molecule has 0 bridgehead atoms. The Bertz CT molecular complexity index is 536. The van der Waals surface area contributed by atoms with Crippen LogP contribution in [0.15, 0.2) is 0 Å². The maximum Gasteiger partial charge on any atom is 0.133 e. The summed E-state index contributed by atoms with van der Waals surface area (Å²) in [4.78, 5) is 12.0. The summed E-state index contributed by atoms with van der Waals surface area (Å²) < 4.78 is 6.23. The zero-order valence-electron chi connectivity index (χ0n) is 14.9. The Morgan fingerprint density at radius 2 is 1.74 bits per heavy atom. The number of fused-ring (bicyclic) bond motifs is 6. The van der Waals surface area contributed by atoms with Crippen LogP contribution >= 0.6 is 0 Å². The summed E-state index contributed by atoms with van der Waals surface area (Å²) in [5.41, 5.74) is 1.15. The zero-order chi connectivity index (χ0) is 15.9. The normalized spacial score (nSPS) is 58.3. The van der Waals surface area contributed by atoms with Crippen molar-refractivity contribution in [3.05, 3.63) is 0 Å². The maximum atomic E-state index is 12.0. The second kappa shape index (κ2) is 4.62. The van der Waals surface area contributed by atoms with Crippen molar-refractivity contribution in [1.29, 1.82) is 0 Å². The molecular weight excluding hydrogens is 284 g/mol. The largest absolute Gasteiger partial charge is 0.374 e. The highest BCUT2D eigenvalue weighted by Crippen LogP contribution is 2.70. The highest BCUT2D eigenvalue weighted by Gasteiger charge is 2.66. The summed E-state index contributed by atoms with van der Waals surface area (Å²) in [6.45, 7) is 6.12. The average molecular weight is 316 g/mol. The van der Waals surface area contributed by atoms with Gasteiger partial charge in [-0.15, -0.1) is 0 Å². The number of rotatable bonds is 0. The lowest BCUT2D eigenvalue weighted by atomic mass is 9.44. The molecule has 1 aliphatic heterocycles. The molecule has 2 heteroatoms. The predicted octanol–water partition coefficient (Wildman–Crippen LogP) is 4.76. The van der Waals surface area contributed by atoms with E-state index in [1.54, 1.807) is 0 Å². The lowest BCUT2D eigenvalue weighted by Crippen LogP contribution is -2.60. The first kappa shape index (κ1) is 14.9. The molecule has 4 aliphatic carbocycles. The second-order valence-electron chi connectivity index (χ2n) is 9.99. The van der Waals surface area contributed by atoms with Crippen molar-refractivity contribution in [2.75, 3.05) is 6.61 Å². The van der Waals surface area contributed by atoms with Gasteiger partial charge in [0.2, 0.25) is 0 Å². The van der Waals surface area contributed by atoms with E-state index in [-0.39, 0.29) is 5.60 Å². The smallest absolute Gasteiger partial charge is 0.133 e. The molecule has 5 rings (SSSR count). The molecule has 1 heterocycles. The first-order chi connectivity index (χ1) is 11.0. The van der Waals surface area contributed by atoms with E-state index in [4.69, 9.17) is 4.74 Å². The average Bonchev–Trinajstić information content (AvgIpc) is 2.81. The Balaban J connectivity index is 1.46. The molecule has 4 saturated carbocycles. The summed E-state index contributed by atoms with van der Waals surface area (Å²) in [5, 5.41) is 0. The summed E-state index contributed by atoms with van der Waals surface area (Å²) in [7, 11) is 0. The van der Waals surface area contributed by atoms with Crippen molar-refractivity contribution < 1.29 is 9.53 Å². The third-order valence-electron chi connectivity index (χ3n) is 9.66. The van der Waals surface area contributed by atoms with Gasteiger partial charge in [0.1, 0.15) is 5.78 Å². The van der Waals surface area contributed by atoms with Crippen LogP contribution in [-0.2, 0) is 9.53 Å². The number of ether oxygens (including phenoxy) is 1. The van der Waals surface area contributed by atoms with E-state index >= 15 is 0 Å². The molecule has 1 saturated heterocycles. The van der Waals surface area contributed by atoms with Crippen molar-refractivity contribution >= 4 is 5.78 Å². The zero-order valence-corrected chi connectivity index (χ0v) is 14.9. The molecular formula is C21H32O2. The molecule has 0 aromatic heterocycles. The van der Waals surface area contributed by atoms with Crippen LogP contribution in [0.25, 0.3) is 0 Å². The molecule has 23 heavy (non-hydrogen) atoms. The van der Waals surface area contributed by atoms with Gasteiger partial charge >= 0.3 is 0 Å². The molecule has 0 radical (unpaired) electrons. The van der Waals surface area contributed by atoms with Gasteiger partial charge in [-0.1, -0.05) is 13.8 Å². The van der Waals surface area contributed by atoms with Gasteiger partial charge in [-0.3, -0.25) is 4.79 Å². The quantitative estimate of drug-likeness (QED) is 0.644. The van der Waals surface area contributed by atoms with Crippen molar-refractivity contribution in [3.63, 3.8) is 0 Å². The van der Waals surface area contributed by atoms with Crippen molar-refractivity contribution in [3.8, 4) is 0 Å². The van der Waals surface area contributed by atoms with Crippen LogP contribution in [0.1, 0.15) is 78.1 Å². The van der Waals surface area contributed by atoms with Crippen molar-refractivity contribution in [1.82, 2.24) is 0 Å².